The number of aryl methyl sites for hydroxylation is 1. The summed E-state index contributed by atoms with van der Waals surface area (Å²) in [7, 11) is 0. The van der Waals surface area contributed by atoms with E-state index in [1.54, 1.807) is 0 Å². The summed E-state index contributed by atoms with van der Waals surface area (Å²) in [5.74, 6) is 0. The van der Waals surface area contributed by atoms with Gasteiger partial charge in [0.25, 0.3) is 0 Å². The van der Waals surface area contributed by atoms with Crippen molar-refractivity contribution < 1.29 is 0 Å². The highest BCUT2D eigenvalue weighted by Gasteiger charge is 2.12. The lowest BCUT2D eigenvalue weighted by atomic mass is 9.89. The first kappa shape index (κ1) is 10.4. The van der Waals surface area contributed by atoms with Crippen molar-refractivity contribution in [3.8, 4) is 0 Å². The Bertz CT molecular complexity index is 365. The van der Waals surface area contributed by atoms with E-state index in [1.165, 1.54) is 36.0 Å². The second-order valence-corrected chi connectivity index (χ2v) is 4.52. The van der Waals surface area contributed by atoms with Crippen LogP contribution in [0.2, 0.25) is 0 Å². The Hall–Kier alpha value is -1.08. The first-order valence-electron chi connectivity index (χ1n) is 5.76. The molecule has 15 heavy (non-hydrogen) atoms. The zero-order valence-corrected chi connectivity index (χ0v) is 9.37. The third kappa shape index (κ3) is 2.69. The molecular formula is C14H19N. The van der Waals surface area contributed by atoms with E-state index in [-0.39, 0.29) is 0 Å². The molecule has 1 aromatic carbocycles. The Labute approximate surface area is 92.0 Å². The number of hydrogen-bond donors (Lipinski definition) is 1. The second-order valence-electron chi connectivity index (χ2n) is 4.52. The first-order valence-corrected chi connectivity index (χ1v) is 5.76. The summed E-state index contributed by atoms with van der Waals surface area (Å²) in [6, 6.07) is 8.91. The SMILES string of the molecule is Cc1ccccc1C=C1CCCC(N)C1. The van der Waals surface area contributed by atoms with Crippen molar-refractivity contribution in [1.82, 2.24) is 0 Å². The molecule has 1 aromatic rings. The lowest BCUT2D eigenvalue weighted by Gasteiger charge is -2.20. The Morgan fingerprint density at radius 3 is 2.87 bits per heavy atom. The molecule has 0 spiro atoms. The van der Waals surface area contributed by atoms with E-state index in [9.17, 15) is 0 Å². The normalized spacial score (nSPS) is 24.4. The van der Waals surface area contributed by atoms with Gasteiger partial charge in [-0.15, -0.1) is 0 Å². The molecule has 0 radical (unpaired) electrons. The highest BCUT2D eigenvalue weighted by atomic mass is 14.6. The van der Waals surface area contributed by atoms with E-state index in [2.05, 4.69) is 37.3 Å². The summed E-state index contributed by atoms with van der Waals surface area (Å²) in [4.78, 5) is 0. The fourth-order valence-electron chi connectivity index (χ4n) is 2.23. The van der Waals surface area contributed by atoms with E-state index in [0.29, 0.717) is 6.04 Å². The fraction of sp³-hybridized carbons (Fsp3) is 0.429. The molecule has 0 aliphatic heterocycles. The lowest BCUT2D eigenvalue weighted by Crippen LogP contribution is -2.23. The van der Waals surface area contributed by atoms with E-state index >= 15 is 0 Å². The Morgan fingerprint density at radius 1 is 1.33 bits per heavy atom. The zero-order valence-electron chi connectivity index (χ0n) is 9.37. The van der Waals surface area contributed by atoms with Crippen molar-refractivity contribution in [3.05, 3.63) is 41.0 Å². The van der Waals surface area contributed by atoms with Crippen LogP contribution in [0.15, 0.2) is 29.8 Å². The van der Waals surface area contributed by atoms with Crippen LogP contribution in [-0.2, 0) is 0 Å². The Balaban J connectivity index is 2.18. The van der Waals surface area contributed by atoms with Gasteiger partial charge in [-0.3, -0.25) is 0 Å². The molecule has 1 atom stereocenters. The van der Waals surface area contributed by atoms with Crippen LogP contribution in [-0.4, -0.2) is 6.04 Å². The van der Waals surface area contributed by atoms with Gasteiger partial charge in [-0.1, -0.05) is 35.9 Å². The van der Waals surface area contributed by atoms with Crippen LogP contribution in [0.4, 0.5) is 0 Å². The summed E-state index contributed by atoms with van der Waals surface area (Å²) in [6.45, 7) is 2.16. The topological polar surface area (TPSA) is 26.0 Å². The molecule has 0 saturated heterocycles. The lowest BCUT2D eigenvalue weighted by molar-refractivity contribution is 0.520. The van der Waals surface area contributed by atoms with Crippen molar-refractivity contribution in [3.63, 3.8) is 0 Å². The smallest absolute Gasteiger partial charge is 0.00763 e. The average Bonchev–Trinajstić information content (AvgIpc) is 2.22. The Morgan fingerprint density at radius 2 is 2.13 bits per heavy atom. The minimum atomic E-state index is 0.383. The molecule has 0 bridgehead atoms. The maximum absolute atomic E-state index is 5.98. The van der Waals surface area contributed by atoms with Crippen LogP contribution in [0, 0.1) is 6.92 Å². The summed E-state index contributed by atoms with van der Waals surface area (Å²) in [5, 5.41) is 0. The van der Waals surface area contributed by atoms with Gasteiger partial charge in [0.2, 0.25) is 0 Å². The van der Waals surface area contributed by atoms with Crippen LogP contribution in [0.1, 0.15) is 36.8 Å². The summed E-state index contributed by atoms with van der Waals surface area (Å²) < 4.78 is 0. The van der Waals surface area contributed by atoms with E-state index in [0.717, 1.165) is 6.42 Å². The van der Waals surface area contributed by atoms with Crippen molar-refractivity contribution in [2.75, 3.05) is 0 Å². The van der Waals surface area contributed by atoms with Gasteiger partial charge in [0.1, 0.15) is 0 Å². The van der Waals surface area contributed by atoms with E-state index in [4.69, 9.17) is 5.73 Å². The van der Waals surface area contributed by atoms with Crippen LogP contribution < -0.4 is 5.73 Å². The predicted molar refractivity (Wildman–Crippen MR) is 65.6 cm³/mol. The fourth-order valence-corrected chi connectivity index (χ4v) is 2.23. The van der Waals surface area contributed by atoms with E-state index < -0.39 is 0 Å². The molecule has 0 amide bonds. The van der Waals surface area contributed by atoms with Crippen LogP contribution in [0.25, 0.3) is 6.08 Å². The first-order chi connectivity index (χ1) is 7.25. The molecule has 80 valence electrons. The van der Waals surface area contributed by atoms with Gasteiger partial charge < -0.3 is 5.73 Å². The van der Waals surface area contributed by atoms with Crippen molar-refractivity contribution in [2.45, 2.75) is 38.6 Å². The third-order valence-electron chi connectivity index (χ3n) is 3.15. The van der Waals surface area contributed by atoms with Gasteiger partial charge in [0, 0.05) is 6.04 Å². The third-order valence-corrected chi connectivity index (χ3v) is 3.15. The molecule has 1 heteroatoms. The van der Waals surface area contributed by atoms with Gasteiger partial charge in [0.15, 0.2) is 0 Å². The van der Waals surface area contributed by atoms with E-state index in [1.807, 2.05) is 0 Å². The summed E-state index contributed by atoms with van der Waals surface area (Å²) >= 11 is 0. The van der Waals surface area contributed by atoms with Gasteiger partial charge in [-0.25, -0.2) is 0 Å². The van der Waals surface area contributed by atoms with Crippen molar-refractivity contribution in [2.24, 2.45) is 5.73 Å². The molecule has 0 aromatic heterocycles. The van der Waals surface area contributed by atoms with Crippen LogP contribution >= 0.6 is 0 Å². The predicted octanol–water partition coefficient (Wildman–Crippen LogP) is 3.28. The molecule has 1 aliphatic rings. The number of hydrogen-bond acceptors (Lipinski definition) is 1. The summed E-state index contributed by atoms with van der Waals surface area (Å²) in [6.07, 6.45) is 7.06. The maximum atomic E-state index is 5.98. The standard InChI is InChI=1S/C14H19N/c1-11-5-2-3-7-13(11)9-12-6-4-8-14(15)10-12/h2-3,5,7,9,14H,4,6,8,10,15H2,1H3. The average molecular weight is 201 g/mol. The number of nitrogens with two attached hydrogens (primary N) is 1. The number of benzene rings is 1. The molecule has 1 unspecified atom stereocenters. The molecule has 1 fully saturated rings. The second kappa shape index (κ2) is 4.63. The highest BCUT2D eigenvalue weighted by molar-refractivity contribution is 5.56. The largest absolute Gasteiger partial charge is 0.327 e. The quantitative estimate of drug-likeness (QED) is 0.741. The van der Waals surface area contributed by atoms with Crippen molar-refractivity contribution >= 4 is 6.08 Å². The molecular weight excluding hydrogens is 182 g/mol. The monoisotopic (exact) mass is 201 g/mol. The molecule has 1 saturated carbocycles. The molecule has 0 heterocycles. The number of rotatable bonds is 1. The minimum absolute atomic E-state index is 0.383. The maximum Gasteiger partial charge on any atom is 0.00763 e. The van der Waals surface area contributed by atoms with Gasteiger partial charge in [-0.05, 0) is 43.7 Å². The van der Waals surface area contributed by atoms with Crippen LogP contribution in [0.3, 0.4) is 0 Å². The minimum Gasteiger partial charge on any atom is -0.327 e. The van der Waals surface area contributed by atoms with Crippen molar-refractivity contribution in [1.29, 1.82) is 0 Å². The molecule has 2 N–H and O–H groups in total. The van der Waals surface area contributed by atoms with Crippen LogP contribution in [0.5, 0.6) is 0 Å². The molecule has 1 nitrogen and oxygen atoms in total. The van der Waals surface area contributed by atoms with Gasteiger partial charge >= 0.3 is 0 Å². The highest BCUT2D eigenvalue weighted by Crippen LogP contribution is 2.25. The molecule has 2 rings (SSSR count). The van der Waals surface area contributed by atoms with Gasteiger partial charge in [0.05, 0.1) is 0 Å². The Kier molecular flexibility index (Phi) is 3.22. The molecule has 1 aliphatic carbocycles. The zero-order chi connectivity index (χ0) is 10.7. The summed E-state index contributed by atoms with van der Waals surface area (Å²) in [5.41, 5.74) is 10.2. The van der Waals surface area contributed by atoms with Gasteiger partial charge in [-0.2, -0.15) is 0 Å².